The van der Waals surface area contributed by atoms with E-state index in [1.165, 1.54) is 18.3 Å². The van der Waals surface area contributed by atoms with E-state index in [0.29, 0.717) is 56.3 Å². The van der Waals surface area contributed by atoms with Crippen LogP contribution in [0.5, 0.6) is 5.75 Å². The van der Waals surface area contributed by atoms with Gasteiger partial charge in [-0.2, -0.15) is 0 Å². The van der Waals surface area contributed by atoms with Gasteiger partial charge in [-0.05, 0) is 132 Å². The normalized spacial score (nSPS) is 18.4. The molecular formula is C69H75N3O. The number of aromatic nitrogens is 3. The van der Waals surface area contributed by atoms with Gasteiger partial charge in [-0.25, -0.2) is 4.98 Å². The molecule has 2 aromatic heterocycles. The quantitative estimate of drug-likeness (QED) is 0.165. The molecule has 0 spiro atoms. The maximum atomic E-state index is 13.4. The first-order valence-corrected chi connectivity index (χ1v) is 24.3. The van der Waals surface area contributed by atoms with Crippen molar-refractivity contribution in [3.05, 3.63) is 192 Å². The zero-order valence-electron chi connectivity index (χ0n) is 64.7. The van der Waals surface area contributed by atoms with Crippen molar-refractivity contribution in [2.24, 2.45) is 5.41 Å². The van der Waals surface area contributed by atoms with Gasteiger partial charge in [0, 0.05) is 61.4 Å². The molecule has 0 aliphatic carbocycles. The van der Waals surface area contributed by atoms with Crippen LogP contribution in [-0.4, -0.2) is 19.6 Å². The molecule has 9 rings (SSSR count). The van der Waals surface area contributed by atoms with Gasteiger partial charge >= 0.3 is 0 Å². The summed E-state index contributed by atoms with van der Waals surface area (Å²) in [5, 5.41) is 13.4. The number of imidazole rings is 1. The van der Waals surface area contributed by atoms with Gasteiger partial charge < -0.3 is 5.11 Å². The summed E-state index contributed by atoms with van der Waals surface area (Å²) in [4.78, 5) is 10.1. The van der Waals surface area contributed by atoms with Crippen LogP contribution in [0.1, 0.15) is 161 Å². The minimum atomic E-state index is -4.21. The van der Waals surface area contributed by atoms with E-state index in [-0.39, 0.29) is 46.0 Å². The molecule has 2 heterocycles. The van der Waals surface area contributed by atoms with Crippen molar-refractivity contribution >= 4 is 11.0 Å². The number of hydrogen-bond donors (Lipinski definition) is 1. The number of benzene rings is 7. The molecule has 0 saturated heterocycles. The van der Waals surface area contributed by atoms with Crippen molar-refractivity contribution in [1.82, 2.24) is 14.5 Å². The van der Waals surface area contributed by atoms with Gasteiger partial charge in [0.2, 0.25) is 0 Å². The number of nitrogens with zero attached hydrogens (tertiary/aromatic N) is 3. The Morgan fingerprint density at radius 2 is 1.07 bits per heavy atom. The molecule has 0 aliphatic rings. The third-order valence-electron chi connectivity index (χ3n) is 13.0. The average Bonchev–Trinajstić information content (AvgIpc) is 1.26. The standard InChI is InChI=1S/C69H75N3O/c1-65(2,3)43-44-29-31-45(32-30-44)48-33-34-70-59(38-48)50-35-49(36-51(37-50)66(4,5)6)54-27-22-28-60-61(54)71-64(57-41-53(68(10,11)12)42-58(63(57)73)69(13,14)15)72(60)62-55(46-23-18-16-19-24-46)39-52(67(7,8)9)40-56(62)47-25-20-17-21-26-47/h16-42,73H,43H2,1-15H3/i10D3,11D3,12D3,13D3,14D3,15D3,31D,32D,43D2. The molecule has 1 N–H and O–H groups in total. The predicted octanol–water partition coefficient (Wildman–Crippen LogP) is 18.9. The number of pyridine rings is 1. The molecule has 372 valence electrons. The second kappa shape index (κ2) is 18.8. The van der Waals surface area contributed by atoms with Crippen LogP contribution in [0, 0.1) is 5.41 Å². The second-order valence-corrected chi connectivity index (χ2v) is 22.0. The van der Waals surface area contributed by atoms with Gasteiger partial charge in [0.15, 0.2) is 0 Å². The predicted molar refractivity (Wildman–Crippen MR) is 311 cm³/mol. The van der Waals surface area contributed by atoms with Crippen LogP contribution in [0.2, 0.25) is 0 Å². The first-order chi connectivity index (χ1) is 43.3. The maximum Gasteiger partial charge on any atom is 0.149 e. The fourth-order valence-corrected chi connectivity index (χ4v) is 9.19. The lowest BCUT2D eigenvalue weighted by Gasteiger charge is -2.28. The topological polar surface area (TPSA) is 50.9 Å². The Morgan fingerprint density at radius 1 is 0.507 bits per heavy atom. The van der Waals surface area contributed by atoms with Crippen LogP contribution < -0.4 is 0 Å². The van der Waals surface area contributed by atoms with Crippen molar-refractivity contribution in [1.29, 1.82) is 0 Å². The summed E-state index contributed by atoms with van der Waals surface area (Å²) in [5.41, 5.74) is -6.88. The summed E-state index contributed by atoms with van der Waals surface area (Å²) < 4.78 is 199. The molecule has 0 fully saturated rings. The third kappa shape index (κ3) is 10.6. The molecule has 0 atom stereocenters. The number of aromatic hydroxyl groups is 1. The summed E-state index contributed by atoms with van der Waals surface area (Å²) >= 11 is 0. The van der Waals surface area contributed by atoms with Gasteiger partial charge in [0.25, 0.3) is 0 Å². The SMILES string of the molecule is [2H]c1cc(C([2H])([2H])C(C)(C)C)cc([2H])c1-c1ccnc(-c2cc(-c3cccc4c3nc(-c3cc(C(C([2H])([2H])[2H])(C([2H])([2H])[2H])C([2H])([2H])[2H])cc(C(C([2H])([2H])[2H])(C([2H])([2H])[2H])C([2H])([2H])[2H])c3O)n4-c3c(-c4ccccc4)cc(C(C)(C)C)cc3-c3ccccc3)cc(C(C)(C)C)c2)c1. The molecule has 0 aliphatic heterocycles. The van der Waals surface area contributed by atoms with Crippen molar-refractivity contribution in [2.45, 2.75) is 131 Å². The average molecular weight is 985 g/mol. The Labute approximate surface area is 467 Å². The fourth-order valence-electron chi connectivity index (χ4n) is 9.19. The van der Waals surface area contributed by atoms with Gasteiger partial charge in [0.1, 0.15) is 11.6 Å². The lowest BCUT2D eigenvalue weighted by molar-refractivity contribution is 0.411. The molecule has 9 aromatic rings. The van der Waals surface area contributed by atoms with Crippen LogP contribution in [0.3, 0.4) is 0 Å². The molecule has 0 bridgehead atoms. The van der Waals surface area contributed by atoms with E-state index in [4.69, 9.17) is 37.4 Å². The van der Waals surface area contributed by atoms with Crippen molar-refractivity contribution in [3.63, 3.8) is 0 Å². The Balaban J connectivity index is 1.52. The molecule has 0 saturated carbocycles. The smallest absolute Gasteiger partial charge is 0.149 e. The molecule has 0 amide bonds. The Kier molecular flexibility index (Phi) is 7.78. The van der Waals surface area contributed by atoms with E-state index in [0.717, 1.165) is 11.1 Å². The molecule has 4 nitrogen and oxygen atoms in total. The highest BCUT2D eigenvalue weighted by atomic mass is 16.3. The number of para-hydroxylation sites is 1. The van der Waals surface area contributed by atoms with Crippen LogP contribution in [0.25, 0.3) is 83.9 Å². The summed E-state index contributed by atoms with van der Waals surface area (Å²) in [6, 6.07) is 40.0. The van der Waals surface area contributed by atoms with Crippen LogP contribution in [0.4, 0.5) is 0 Å². The number of rotatable bonds is 8. The summed E-state index contributed by atoms with van der Waals surface area (Å²) in [6.45, 7) is -7.67. The monoisotopic (exact) mass is 984 g/mol. The number of hydrogen-bond acceptors (Lipinski definition) is 3. The van der Waals surface area contributed by atoms with Gasteiger partial charge in [-0.3, -0.25) is 9.55 Å². The number of phenols is 1. The zero-order valence-corrected chi connectivity index (χ0v) is 42.7. The highest BCUT2D eigenvalue weighted by Gasteiger charge is 2.31. The third-order valence-corrected chi connectivity index (χ3v) is 13.0. The lowest BCUT2D eigenvalue weighted by Crippen LogP contribution is -2.17. The van der Waals surface area contributed by atoms with Crippen molar-refractivity contribution in [2.75, 3.05) is 0 Å². The van der Waals surface area contributed by atoms with Gasteiger partial charge in [-0.15, -0.1) is 0 Å². The second-order valence-electron chi connectivity index (χ2n) is 22.0. The van der Waals surface area contributed by atoms with Crippen molar-refractivity contribution < 1.29 is 35.3 Å². The summed E-state index contributed by atoms with van der Waals surface area (Å²) in [6.07, 6.45) is -0.352. The minimum Gasteiger partial charge on any atom is -0.507 e. The van der Waals surface area contributed by atoms with Crippen LogP contribution in [0.15, 0.2) is 164 Å². The van der Waals surface area contributed by atoms with E-state index in [9.17, 15) is 7.85 Å². The highest BCUT2D eigenvalue weighted by Crippen LogP contribution is 2.48. The molecule has 73 heavy (non-hydrogen) atoms. The first-order valence-electron chi connectivity index (χ1n) is 35.3. The summed E-state index contributed by atoms with van der Waals surface area (Å²) in [7, 11) is 0. The van der Waals surface area contributed by atoms with E-state index in [1.807, 2.05) is 108 Å². The van der Waals surface area contributed by atoms with E-state index < -0.39 is 103 Å². The van der Waals surface area contributed by atoms with Gasteiger partial charge in [0.05, 0.1) is 30.7 Å². The summed E-state index contributed by atoms with van der Waals surface area (Å²) in [5.74, 6) is -1.88. The molecule has 4 heteroatoms. The number of fused-ring (bicyclic) bond motifs is 1. The van der Waals surface area contributed by atoms with E-state index in [1.54, 1.807) is 79.9 Å². The maximum absolute atomic E-state index is 13.4. The fraction of sp³-hybridized carbons (Fsp3) is 0.304. The van der Waals surface area contributed by atoms with Crippen LogP contribution in [-0.2, 0) is 28.0 Å². The minimum absolute atomic E-state index is 0.0793. The zero-order chi connectivity index (χ0) is 70.9. The Morgan fingerprint density at radius 3 is 1.64 bits per heavy atom. The molecular weight excluding hydrogens is 887 g/mol. The molecule has 7 aromatic carbocycles. The van der Waals surface area contributed by atoms with E-state index >= 15 is 0 Å². The van der Waals surface area contributed by atoms with Gasteiger partial charge in [-0.1, -0.05) is 213 Å². The van der Waals surface area contributed by atoms with E-state index in [2.05, 4.69) is 0 Å². The van der Waals surface area contributed by atoms with Crippen molar-refractivity contribution in [3.8, 4) is 78.6 Å². The Bertz CT molecular complexity index is 4240. The Hall–Kier alpha value is -7.04. The molecule has 0 unspecified atom stereocenters. The lowest BCUT2D eigenvalue weighted by atomic mass is 9.78. The number of phenolic OH excluding ortho intramolecular Hbond substituents is 1. The largest absolute Gasteiger partial charge is 0.507 e. The first kappa shape index (κ1) is 30.2. The highest BCUT2D eigenvalue weighted by molar-refractivity contribution is 6.00. The molecule has 0 radical (unpaired) electrons. The van der Waals surface area contributed by atoms with Crippen LogP contribution >= 0.6 is 0 Å².